The molecule has 4 heteroatoms. The Kier molecular flexibility index (Phi) is 118. The van der Waals surface area contributed by atoms with Crippen molar-refractivity contribution in [3.05, 3.63) is 0 Å². The first kappa shape index (κ1) is 28.2. The van der Waals surface area contributed by atoms with Crippen LogP contribution in [0.5, 0.6) is 0 Å². The molecule has 0 aliphatic rings. The first-order valence-corrected chi connectivity index (χ1v) is 0. The van der Waals surface area contributed by atoms with Crippen LogP contribution in [0.3, 0.4) is 0 Å². The van der Waals surface area contributed by atoms with Gasteiger partial charge in [0.1, 0.15) is 0 Å². The molecule has 1 unspecified atom stereocenters. The van der Waals surface area contributed by atoms with E-state index in [-0.39, 0.29) is 92.7 Å². The normalized spacial score (nSPS) is 0. The fraction of sp³-hybridized carbons (Fsp3) is 0. The van der Waals surface area contributed by atoms with E-state index in [1.54, 1.807) is 0 Å². The van der Waals surface area contributed by atoms with Gasteiger partial charge in [-0.15, -0.1) is 0 Å². The number of rotatable bonds is 0. The second kappa shape index (κ2) is 16.7. The molecule has 0 aromatic rings. The average Bonchev–Trinajstić information content (AvgIpc) is 0. The van der Waals surface area contributed by atoms with Crippen molar-refractivity contribution in [1.82, 2.24) is 0 Å². The van der Waals surface area contributed by atoms with Gasteiger partial charge in [0.25, 0.3) is 0 Å². The van der Waals surface area contributed by atoms with Crippen LogP contribution in [0.25, 0.3) is 0 Å². The van der Waals surface area contributed by atoms with Gasteiger partial charge >= 0.3 is 48.9 Å². The number of hydrogen-bond acceptors (Lipinski definition) is 0. The summed E-state index contributed by atoms with van der Waals surface area (Å²) in [6.07, 6.45) is 0. The predicted octanol–water partition coefficient (Wildman–Crippen LogP) is -6.31. The molecule has 0 rings (SSSR count). The molecule has 0 amide bonds. The van der Waals surface area contributed by atoms with E-state index in [1.165, 1.54) is 0 Å². The zero-order valence-corrected chi connectivity index (χ0v) is 11.2. The topological polar surface area (TPSA) is 0 Å². The second-order valence-corrected chi connectivity index (χ2v) is 0. The van der Waals surface area contributed by atoms with E-state index in [9.17, 15) is 0 Å². The summed E-state index contributed by atoms with van der Waals surface area (Å²) >= 11 is 0. The molecule has 0 N–H and O–H groups in total. The van der Waals surface area contributed by atoms with Gasteiger partial charge in [0.05, 0.1) is 0 Å². The minimum Gasteiger partial charge on any atom is -1.00 e. The molecule has 0 aliphatic heterocycles. The van der Waals surface area contributed by atoms with E-state index in [1.807, 2.05) is 0 Å². The minimum atomic E-state index is 0. The van der Waals surface area contributed by atoms with E-state index in [0.29, 0.717) is 0 Å². The van der Waals surface area contributed by atoms with Gasteiger partial charge in [-0.25, -0.2) is 0 Å². The Hall–Kier alpha value is 2.96. The molecule has 1 atom stereocenters. The summed E-state index contributed by atoms with van der Waals surface area (Å²) in [6.45, 7) is 0. The molecule has 0 saturated heterocycles. The largest absolute Gasteiger partial charge is 2.00 e. The zero-order valence-electron chi connectivity index (χ0n) is 2.17. The van der Waals surface area contributed by atoms with E-state index in [2.05, 4.69) is 0 Å². The molecule has 0 aromatic heterocycles. The van der Waals surface area contributed by atoms with E-state index < -0.39 is 0 Å². The smallest absolute Gasteiger partial charge is 1.00 e. The van der Waals surface area contributed by atoms with Crippen molar-refractivity contribution in [2.75, 3.05) is 0 Å². The van der Waals surface area contributed by atoms with Crippen molar-refractivity contribution in [1.29, 1.82) is 0 Å². The van der Waals surface area contributed by atoms with Crippen LogP contribution in [0.15, 0.2) is 0 Å². The Morgan fingerprint density at radius 2 is 0.750 bits per heavy atom. The maximum absolute atomic E-state index is 0. The molecule has 0 saturated carbocycles. The zero-order chi connectivity index (χ0) is 0. The number of hydrogen-bond donors (Lipinski definition) is 0. The Balaban J connectivity index is 0. The first-order chi connectivity index (χ1) is 0. The third-order valence-corrected chi connectivity index (χ3v) is 0. The molecule has 0 bridgehead atoms. The molecule has 0 radical (unpaired) electrons. The summed E-state index contributed by atoms with van der Waals surface area (Å²) < 4.78 is 0. The third-order valence-electron chi connectivity index (χ3n) is 0. The van der Waals surface area contributed by atoms with Gasteiger partial charge in [-0.3, -0.25) is 0 Å². The van der Waals surface area contributed by atoms with Crippen LogP contribution in [-0.2, 0) is 0 Å². The maximum atomic E-state index is 0. The van der Waals surface area contributed by atoms with Crippen LogP contribution >= 0.6 is 9.90 Å². The molecule has 0 spiro atoms. The molecule has 0 fully saturated rings. The van der Waals surface area contributed by atoms with Gasteiger partial charge in [0, 0.05) is 0 Å². The van der Waals surface area contributed by atoms with Crippen molar-refractivity contribution in [2.45, 2.75) is 0 Å². The summed E-state index contributed by atoms with van der Waals surface area (Å²) in [5.41, 5.74) is 0. The quantitative estimate of drug-likeness (QED) is 0.306. The van der Waals surface area contributed by atoms with Gasteiger partial charge in [-0.1, -0.05) is 0 Å². The number of halogens is 2. The van der Waals surface area contributed by atoms with Crippen LogP contribution in [0.1, 0.15) is 0 Å². The Bertz CT molecular complexity index is 6.00. The molecule has 0 aromatic carbocycles. The van der Waals surface area contributed by atoms with Gasteiger partial charge < -0.3 is 34.0 Å². The second-order valence-electron chi connectivity index (χ2n) is 0. The van der Waals surface area contributed by atoms with Crippen LogP contribution in [0.2, 0.25) is 0 Å². The molecular weight excluding hydrogens is 328 g/mol. The van der Waals surface area contributed by atoms with Crippen LogP contribution < -0.4 is 34.0 Å². The standard InChI is InChI=1S/Ba.2BrH.H3P/h;2*1H;1H3/q+2;;;/p-2. The summed E-state index contributed by atoms with van der Waals surface area (Å²) in [5.74, 6) is 0. The molecular formula is H3BaBr2P. The van der Waals surface area contributed by atoms with Gasteiger partial charge in [0.15, 0.2) is 0 Å². The summed E-state index contributed by atoms with van der Waals surface area (Å²) in [5, 5.41) is 0. The van der Waals surface area contributed by atoms with Gasteiger partial charge in [-0.2, -0.15) is 9.90 Å². The van der Waals surface area contributed by atoms with Crippen molar-refractivity contribution in [3.63, 3.8) is 0 Å². The van der Waals surface area contributed by atoms with Crippen molar-refractivity contribution in [2.24, 2.45) is 0 Å². The molecule has 0 heterocycles. The van der Waals surface area contributed by atoms with Gasteiger partial charge in [0.2, 0.25) is 0 Å². The van der Waals surface area contributed by atoms with Crippen LogP contribution in [0, 0.1) is 0 Å². The van der Waals surface area contributed by atoms with Crippen molar-refractivity contribution in [3.8, 4) is 0 Å². The van der Waals surface area contributed by atoms with Crippen molar-refractivity contribution >= 4 is 58.8 Å². The third kappa shape index (κ3) is 8.88. The molecule has 0 aliphatic carbocycles. The monoisotopic (exact) mass is 330 g/mol. The Morgan fingerprint density at radius 1 is 0.750 bits per heavy atom. The first-order valence-electron chi connectivity index (χ1n) is 0. The van der Waals surface area contributed by atoms with Crippen LogP contribution in [-0.4, -0.2) is 48.9 Å². The van der Waals surface area contributed by atoms with Crippen molar-refractivity contribution < 1.29 is 34.0 Å². The fourth-order valence-electron chi connectivity index (χ4n) is 0. The van der Waals surface area contributed by atoms with E-state index in [4.69, 9.17) is 0 Å². The summed E-state index contributed by atoms with van der Waals surface area (Å²) in [7, 11) is 0. The summed E-state index contributed by atoms with van der Waals surface area (Å²) in [6, 6.07) is 0. The SMILES string of the molecule is P.[Ba+2].[Br-].[Br-]. The Morgan fingerprint density at radius 3 is 0.750 bits per heavy atom. The van der Waals surface area contributed by atoms with E-state index in [0.717, 1.165) is 0 Å². The predicted molar refractivity (Wildman–Crippen MR) is 16.9 cm³/mol. The molecule has 4 heavy (non-hydrogen) atoms. The van der Waals surface area contributed by atoms with Gasteiger partial charge in [-0.05, 0) is 0 Å². The van der Waals surface area contributed by atoms with Crippen LogP contribution in [0.4, 0.5) is 0 Å². The maximum Gasteiger partial charge on any atom is 2.00 e. The minimum absolute atomic E-state index is 0. The molecule has 24 valence electrons. The van der Waals surface area contributed by atoms with E-state index >= 15 is 0 Å². The molecule has 0 nitrogen and oxygen atoms in total. The fourth-order valence-corrected chi connectivity index (χ4v) is 0. The summed E-state index contributed by atoms with van der Waals surface area (Å²) in [4.78, 5) is 0. The average molecular weight is 331 g/mol. The Labute approximate surface area is 90.7 Å².